The molecule has 2 aromatic rings. The van der Waals surface area contributed by atoms with Gasteiger partial charge in [-0.15, -0.1) is 0 Å². The fourth-order valence-electron chi connectivity index (χ4n) is 6.97. The van der Waals surface area contributed by atoms with Gasteiger partial charge in [-0.1, -0.05) is 24.3 Å². The third-order valence-electron chi connectivity index (χ3n) is 9.58. The number of allylic oxidation sites excluding steroid dienone is 1. The summed E-state index contributed by atoms with van der Waals surface area (Å²) in [4.78, 5) is 101. The summed E-state index contributed by atoms with van der Waals surface area (Å²) in [5, 5.41) is 0. The molecule has 2 aromatic carbocycles. The quantitative estimate of drug-likeness (QED) is 0.150. The Morgan fingerprint density at radius 3 is 2.03 bits per heavy atom. The Balaban J connectivity index is 1.51. The van der Waals surface area contributed by atoms with Crippen LogP contribution < -0.4 is 9.47 Å². The van der Waals surface area contributed by atoms with Crippen LogP contribution in [0, 0.1) is 5.92 Å². The van der Waals surface area contributed by atoms with Crippen molar-refractivity contribution in [3.05, 3.63) is 77.1 Å². The molecule has 1 saturated heterocycles. The molecule has 1 fully saturated rings. The Kier molecular flexibility index (Phi) is 16.6. The predicted molar refractivity (Wildman–Crippen MR) is 212 cm³/mol. The summed E-state index contributed by atoms with van der Waals surface area (Å²) in [7, 11) is 0. The lowest BCUT2D eigenvalue weighted by Gasteiger charge is -2.45. The van der Waals surface area contributed by atoms with Crippen molar-refractivity contribution in [2.75, 3.05) is 19.8 Å². The van der Waals surface area contributed by atoms with E-state index >= 15 is 0 Å². The smallest absolute Gasteiger partial charge is 0.337 e. The molecule has 1 unspecified atom stereocenters. The molecule has 4 heterocycles. The lowest BCUT2D eigenvalue weighted by Crippen LogP contribution is -2.63. The van der Waals surface area contributed by atoms with E-state index in [-0.39, 0.29) is 35.7 Å². The van der Waals surface area contributed by atoms with E-state index in [1.807, 2.05) is 0 Å². The molecule has 0 spiro atoms. The maximum absolute atomic E-state index is 14.0. The molecule has 0 N–H and O–H groups in total. The minimum absolute atomic E-state index is 0.131. The van der Waals surface area contributed by atoms with Crippen molar-refractivity contribution in [3.63, 3.8) is 0 Å². The molecule has 0 saturated carbocycles. The number of carbonyl (C=O) groups is 8. The van der Waals surface area contributed by atoms with E-state index in [0.29, 0.717) is 16.9 Å². The first-order valence-electron chi connectivity index (χ1n) is 20.0. The molecule has 8 atom stereocenters. The predicted octanol–water partition coefficient (Wildman–Crippen LogP) is 3.94. The SMILES string of the molecule is C/C=C1/[C@H](O[C@@H]2O[C@H](COC(C)=O)[C@@H](OC(C)=O)[C@H](OC(C)=O)[C@H]2OC(C)=O)OC=C2C(=O)OCC(OC(C)=O)c3ccc(cc3)Oc3cc(ccc3OC(C)=O)CCOC(=O)C[C@H]21. The van der Waals surface area contributed by atoms with Crippen molar-refractivity contribution in [2.45, 2.75) is 104 Å². The van der Waals surface area contributed by atoms with E-state index in [2.05, 4.69) is 0 Å². The molecule has 20 heteroatoms. The van der Waals surface area contributed by atoms with Crippen LogP contribution in [0.5, 0.6) is 17.2 Å². The number of carbonyl (C=O) groups excluding carboxylic acids is 8. The van der Waals surface area contributed by atoms with Gasteiger partial charge in [-0.3, -0.25) is 33.6 Å². The maximum atomic E-state index is 14.0. The van der Waals surface area contributed by atoms with E-state index in [1.54, 1.807) is 43.3 Å². The number of benzene rings is 2. The highest BCUT2D eigenvalue weighted by Crippen LogP contribution is 2.39. The summed E-state index contributed by atoms with van der Waals surface area (Å²) in [6, 6.07) is 11.1. The van der Waals surface area contributed by atoms with Crippen LogP contribution in [0.4, 0.5) is 0 Å². The first kappa shape index (κ1) is 48.2. The van der Waals surface area contributed by atoms with Crippen molar-refractivity contribution >= 4 is 47.8 Å². The van der Waals surface area contributed by atoms with Crippen LogP contribution in [-0.2, 0) is 92.1 Å². The monoisotopic (exact) mass is 896 g/mol. The summed E-state index contributed by atoms with van der Waals surface area (Å²) >= 11 is 0. The average Bonchev–Trinajstić information content (AvgIpc) is 3.21. The molecule has 6 rings (SSSR count). The van der Waals surface area contributed by atoms with Gasteiger partial charge in [0.25, 0.3) is 0 Å². The van der Waals surface area contributed by atoms with E-state index in [1.165, 1.54) is 26.0 Å². The fourth-order valence-corrected chi connectivity index (χ4v) is 6.97. The van der Waals surface area contributed by atoms with Crippen molar-refractivity contribution in [2.24, 2.45) is 5.92 Å². The maximum Gasteiger partial charge on any atom is 0.337 e. The summed E-state index contributed by atoms with van der Waals surface area (Å²) in [6.45, 7) is 7.15. The zero-order valence-electron chi connectivity index (χ0n) is 36.0. The third kappa shape index (κ3) is 13.1. The van der Waals surface area contributed by atoms with Gasteiger partial charge in [0.1, 0.15) is 25.1 Å². The Labute approximate surface area is 366 Å². The van der Waals surface area contributed by atoms with Crippen LogP contribution in [-0.4, -0.2) is 105 Å². The van der Waals surface area contributed by atoms with Gasteiger partial charge in [0.15, 0.2) is 35.9 Å². The van der Waals surface area contributed by atoms with Gasteiger partial charge in [0.2, 0.25) is 12.6 Å². The number of fused-ring (bicyclic) bond motifs is 9. The summed E-state index contributed by atoms with van der Waals surface area (Å²) in [5.74, 6) is -6.83. The van der Waals surface area contributed by atoms with Gasteiger partial charge in [-0.05, 0) is 42.3 Å². The fraction of sp³-hybridized carbons (Fsp3) is 0.455. The molecular formula is C44H48O20. The van der Waals surface area contributed by atoms with Crippen molar-refractivity contribution in [3.8, 4) is 17.2 Å². The highest BCUT2D eigenvalue weighted by molar-refractivity contribution is 5.91. The van der Waals surface area contributed by atoms with E-state index < -0.39 is 116 Å². The van der Waals surface area contributed by atoms with Gasteiger partial charge >= 0.3 is 47.8 Å². The molecule has 0 aromatic heterocycles. The molecule has 4 aliphatic rings. The second-order valence-corrected chi connectivity index (χ2v) is 14.5. The van der Waals surface area contributed by atoms with Crippen LogP contribution in [0.3, 0.4) is 0 Å². The van der Waals surface area contributed by atoms with Crippen molar-refractivity contribution in [1.82, 2.24) is 0 Å². The van der Waals surface area contributed by atoms with Crippen molar-refractivity contribution in [1.29, 1.82) is 0 Å². The second kappa shape index (κ2) is 22.0. The zero-order valence-corrected chi connectivity index (χ0v) is 36.0. The first-order chi connectivity index (χ1) is 30.4. The van der Waals surface area contributed by atoms with E-state index in [4.69, 9.17) is 56.8 Å². The summed E-state index contributed by atoms with van der Waals surface area (Å²) in [5.41, 5.74) is 1.05. The lowest BCUT2D eigenvalue weighted by atomic mass is 9.86. The van der Waals surface area contributed by atoms with Crippen LogP contribution in [0.15, 0.2) is 65.9 Å². The Bertz CT molecular complexity index is 2160. The molecule has 344 valence electrons. The largest absolute Gasteiger partial charge is 0.468 e. The third-order valence-corrected chi connectivity index (χ3v) is 9.58. The summed E-state index contributed by atoms with van der Waals surface area (Å²) < 4.78 is 68.2. The molecule has 4 bridgehead atoms. The van der Waals surface area contributed by atoms with Gasteiger partial charge in [-0.2, -0.15) is 0 Å². The van der Waals surface area contributed by atoms with Gasteiger partial charge in [0, 0.05) is 59.5 Å². The number of esters is 8. The highest BCUT2D eigenvalue weighted by Gasteiger charge is 2.54. The molecule has 0 aliphatic carbocycles. The number of hydrogen-bond acceptors (Lipinski definition) is 20. The molecule has 0 amide bonds. The highest BCUT2D eigenvalue weighted by atomic mass is 16.8. The van der Waals surface area contributed by atoms with Gasteiger partial charge < -0.3 is 56.8 Å². The molecular weight excluding hydrogens is 848 g/mol. The zero-order chi connectivity index (χ0) is 46.7. The molecule has 0 radical (unpaired) electrons. The molecule has 4 aliphatic heterocycles. The minimum Gasteiger partial charge on any atom is -0.468 e. The van der Waals surface area contributed by atoms with Crippen molar-refractivity contribution < 1.29 is 95.2 Å². The number of hydrogen-bond donors (Lipinski definition) is 0. The first-order valence-corrected chi connectivity index (χ1v) is 20.0. The topological polar surface area (TPSA) is 247 Å². The van der Waals surface area contributed by atoms with Crippen LogP contribution in [0.1, 0.15) is 72.1 Å². The van der Waals surface area contributed by atoms with Crippen LogP contribution in [0.2, 0.25) is 0 Å². The van der Waals surface area contributed by atoms with Gasteiger partial charge in [0.05, 0.1) is 24.9 Å². The normalized spacial score (nSPS) is 25.4. The summed E-state index contributed by atoms with van der Waals surface area (Å²) in [6.07, 6.45) is -8.12. The standard InChI is InChI=1S/C44H48O20/c1-8-31-32-18-38(51)53-16-15-28-9-14-34(57-23(3)46)35(17-28)62-30-12-10-29(11-13-30)36(58-24(4)47)20-55-42(52)33(32)19-56-43(31)64-44-41(61-27(7)50)40(60-26(6)49)39(59-25(5)48)37(63-44)21-54-22(2)45/h8-14,17,19,32,36-37,39-41,43-44H,15-16,18,20-21H2,1-7H3/b31-8+/t32-,36?,37+,39+,40-,41+,43-,44-/m0/s1. The van der Waals surface area contributed by atoms with Crippen LogP contribution >= 0.6 is 0 Å². The number of ether oxygens (including phenoxy) is 12. The van der Waals surface area contributed by atoms with Gasteiger partial charge in [-0.25, -0.2) is 4.79 Å². The Hall–Kier alpha value is -6.80. The molecule has 64 heavy (non-hydrogen) atoms. The number of rotatable bonds is 9. The van der Waals surface area contributed by atoms with E-state index in [0.717, 1.165) is 34.0 Å². The van der Waals surface area contributed by atoms with Crippen LogP contribution in [0.25, 0.3) is 0 Å². The Morgan fingerprint density at radius 1 is 0.750 bits per heavy atom. The second-order valence-electron chi connectivity index (χ2n) is 14.5. The van der Waals surface area contributed by atoms with E-state index in [9.17, 15) is 38.4 Å². The lowest BCUT2D eigenvalue weighted by molar-refractivity contribution is -0.331. The Morgan fingerprint density at radius 2 is 1.41 bits per heavy atom. The minimum atomic E-state index is -1.70. The average molecular weight is 897 g/mol. The molecule has 20 nitrogen and oxygen atoms in total.